The first-order valence-electron chi connectivity index (χ1n) is 6.96. The monoisotopic (exact) mass is 316 g/mol. The van der Waals surface area contributed by atoms with Crippen LogP contribution in [0.2, 0.25) is 0 Å². The Kier molecular flexibility index (Phi) is 6.44. The van der Waals surface area contributed by atoms with Gasteiger partial charge in [0.05, 0.1) is 13.2 Å². The van der Waals surface area contributed by atoms with Gasteiger partial charge in [0.1, 0.15) is 10.6 Å². The summed E-state index contributed by atoms with van der Waals surface area (Å²) in [6.45, 7) is 3.90. The number of aliphatic hydroxyl groups is 1. The van der Waals surface area contributed by atoms with Crippen LogP contribution in [0.15, 0.2) is 23.1 Å². The lowest BCUT2D eigenvalue weighted by molar-refractivity contribution is 0.107. The van der Waals surface area contributed by atoms with Gasteiger partial charge in [0.15, 0.2) is 0 Å². The van der Waals surface area contributed by atoms with Crippen molar-refractivity contribution < 1.29 is 18.3 Å². The number of nitrogens with one attached hydrogen (secondary N) is 1. The molecule has 0 radical (unpaired) electrons. The van der Waals surface area contributed by atoms with E-state index in [2.05, 4.69) is 4.72 Å². The van der Waals surface area contributed by atoms with Gasteiger partial charge < -0.3 is 15.6 Å². The molecule has 0 spiro atoms. The van der Waals surface area contributed by atoms with E-state index in [1.165, 1.54) is 19.2 Å². The number of aliphatic hydroxyl groups excluding tert-OH is 1. The van der Waals surface area contributed by atoms with Crippen LogP contribution in [0, 0.1) is 5.92 Å². The topological polar surface area (TPSA) is 102 Å². The molecule has 4 N–H and O–H groups in total. The van der Waals surface area contributed by atoms with Crippen LogP contribution in [0.1, 0.15) is 26.7 Å². The first-order chi connectivity index (χ1) is 9.85. The SMILES string of the molecule is CCC(CC)C(O)CNS(=O)(=O)c1cc(N)ccc1OC. The molecule has 21 heavy (non-hydrogen) atoms. The van der Waals surface area contributed by atoms with Crippen molar-refractivity contribution in [1.29, 1.82) is 0 Å². The summed E-state index contributed by atoms with van der Waals surface area (Å²) >= 11 is 0. The van der Waals surface area contributed by atoms with Crippen LogP contribution in [0.25, 0.3) is 0 Å². The van der Waals surface area contributed by atoms with Gasteiger partial charge in [-0.3, -0.25) is 0 Å². The fraction of sp³-hybridized carbons (Fsp3) is 0.571. The minimum absolute atomic E-state index is 0.0262. The van der Waals surface area contributed by atoms with Crippen molar-refractivity contribution in [3.05, 3.63) is 18.2 Å². The molecule has 0 aliphatic carbocycles. The lowest BCUT2D eigenvalue weighted by atomic mass is 9.97. The molecule has 1 aromatic carbocycles. The van der Waals surface area contributed by atoms with E-state index < -0.39 is 16.1 Å². The predicted molar refractivity (Wildman–Crippen MR) is 82.7 cm³/mol. The summed E-state index contributed by atoms with van der Waals surface area (Å²) in [5.74, 6) is 0.282. The van der Waals surface area contributed by atoms with E-state index in [1.54, 1.807) is 6.07 Å². The second-order valence-electron chi connectivity index (χ2n) is 4.91. The predicted octanol–water partition coefficient (Wildman–Crippen LogP) is 1.35. The largest absolute Gasteiger partial charge is 0.495 e. The third kappa shape index (κ3) is 4.59. The number of benzene rings is 1. The van der Waals surface area contributed by atoms with Gasteiger partial charge in [-0.15, -0.1) is 0 Å². The minimum atomic E-state index is -3.79. The Morgan fingerprint density at radius 1 is 1.33 bits per heavy atom. The Hall–Kier alpha value is -1.31. The normalized spacial score (nSPS) is 13.4. The van der Waals surface area contributed by atoms with Crippen LogP contribution >= 0.6 is 0 Å². The van der Waals surface area contributed by atoms with Crippen LogP contribution < -0.4 is 15.2 Å². The van der Waals surface area contributed by atoms with Crippen LogP contribution in [-0.4, -0.2) is 33.3 Å². The summed E-state index contributed by atoms with van der Waals surface area (Å²) in [6.07, 6.45) is 0.865. The Bertz CT molecular complexity index is 556. The molecule has 1 rings (SSSR count). The number of anilines is 1. The highest BCUT2D eigenvalue weighted by Crippen LogP contribution is 2.25. The number of ether oxygens (including phenoxy) is 1. The van der Waals surface area contributed by atoms with Crippen molar-refractivity contribution in [3.63, 3.8) is 0 Å². The fourth-order valence-corrected chi connectivity index (χ4v) is 3.43. The molecule has 0 bridgehead atoms. The fourth-order valence-electron chi connectivity index (χ4n) is 2.18. The van der Waals surface area contributed by atoms with Gasteiger partial charge in [-0.25, -0.2) is 13.1 Å². The number of methoxy groups -OCH3 is 1. The van der Waals surface area contributed by atoms with Gasteiger partial charge in [0.2, 0.25) is 10.0 Å². The van der Waals surface area contributed by atoms with Crippen LogP contribution in [0.5, 0.6) is 5.75 Å². The summed E-state index contributed by atoms with van der Waals surface area (Å²) in [4.78, 5) is -0.0262. The highest BCUT2D eigenvalue weighted by molar-refractivity contribution is 7.89. The van der Waals surface area contributed by atoms with E-state index in [-0.39, 0.29) is 23.1 Å². The average Bonchev–Trinajstić information content (AvgIpc) is 2.46. The van der Waals surface area contributed by atoms with Crippen LogP contribution in [0.4, 0.5) is 5.69 Å². The Morgan fingerprint density at radius 3 is 2.48 bits per heavy atom. The molecule has 0 fully saturated rings. The van der Waals surface area contributed by atoms with E-state index in [0.717, 1.165) is 12.8 Å². The van der Waals surface area contributed by atoms with Crippen molar-refractivity contribution in [2.75, 3.05) is 19.4 Å². The molecule has 120 valence electrons. The minimum Gasteiger partial charge on any atom is -0.495 e. The van der Waals surface area contributed by atoms with Gasteiger partial charge in [-0.1, -0.05) is 26.7 Å². The van der Waals surface area contributed by atoms with Crippen LogP contribution in [-0.2, 0) is 10.0 Å². The molecule has 0 aliphatic rings. The maximum Gasteiger partial charge on any atom is 0.244 e. The van der Waals surface area contributed by atoms with Crippen LogP contribution in [0.3, 0.4) is 0 Å². The highest BCUT2D eigenvalue weighted by Gasteiger charge is 2.23. The number of hydrogen-bond acceptors (Lipinski definition) is 5. The number of nitrogens with two attached hydrogens (primary N) is 1. The summed E-state index contributed by atoms with van der Waals surface area (Å²) in [5, 5.41) is 10.0. The third-order valence-electron chi connectivity index (χ3n) is 3.55. The maximum atomic E-state index is 12.3. The van der Waals surface area contributed by atoms with Gasteiger partial charge in [0.25, 0.3) is 0 Å². The number of hydrogen-bond donors (Lipinski definition) is 3. The van der Waals surface area contributed by atoms with Gasteiger partial charge >= 0.3 is 0 Å². The zero-order valence-corrected chi connectivity index (χ0v) is 13.5. The molecule has 0 aliphatic heterocycles. The maximum absolute atomic E-state index is 12.3. The molecule has 1 aromatic rings. The first kappa shape index (κ1) is 17.7. The Labute approximate surface area is 126 Å². The summed E-state index contributed by atoms with van der Waals surface area (Å²) in [5.41, 5.74) is 5.96. The number of sulfonamides is 1. The van der Waals surface area contributed by atoms with E-state index >= 15 is 0 Å². The summed E-state index contributed by atoms with van der Waals surface area (Å²) in [7, 11) is -2.39. The van der Waals surface area contributed by atoms with Crippen molar-refractivity contribution in [3.8, 4) is 5.75 Å². The molecule has 1 unspecified atom stereocenters. The van der Waals surface area contributed by atoms with Gasteiger partial charge in [-0.05, 0) is 24.1 Å². The number of rotatable bonds is 8. The molecule has 0 saturated heterocycles. The molecule has 1 atom stereocenters. The van der Waals surface area contributed by atoms with E-state index in [4.69, 9.17) is 10.5 Å². The second-order valence-corrected chi connectivity index (χ2v) is 6.64. The summed E-state index contributed by atoms with van der Waals surface area (Å²) < 4.78 is 32.1. The first-order valence-corrected chi connectivity index (χ1v) is 8.45. The lowest BCUT2D eigenvalue weighted by Gasteiger charge is -2.20. The average molecular weight is 316 g/mol. The van der Waals surface area contributed by atoms with Crippen molar-refractivity contribution in [2.45, 2.75) is 37.7 Å². The van der Waals surface area contributed by atoms with Gasteiger partial charge in [-0.2, -0.15) is 0 Å². The standard InChI is InChI=1S/C14H24N2O4S/c1-4-10(5-2)12(17)9-16-21(18,19)14-8-11(15)6-7-13(14)20-3/h6-8,10,12,16-17H,4-5,9,15H2,1-3H3. The highest BCUT2D eigenvalue weighted by atomic mass is 32.2. The van der Waals surface area contributed by atoms with E-state index in [1.807, 2.05) is 13.8 Å². The molecular weight excluding hydrogens is 292 g/mol. The molecule has 0 amide bonds. The van der Waals surface area contributed by atoms with Gasteiger partial charge in [0, 0.05) is 12.2 Å². The molecular formula is C14H24N2O4S. The van der Waals surface area contributed by atoms with Crippen molar-refractivity contribution in [1.82, 2.24) is 4.72 Å². The zero-order valence-electron chi connectivity index (χ0n) is 12.7. The van der Waals surface area contributed by atoms with Crippen molar-refractivity contribution >= 4 is 15.7 Å². The van der Waals surface area contributed by atoms with E-state index in [9.17, 15) is 13.5 Å². The quantitative estimate of drug-likeness (QED) is 0.628. The molecule has 0 aromatic heterocycles. The number of nitrogen functional groups attached to an aromatic ring is 1. The molecule has 0 saturated carbocycles. The molecule has 0 heterocycles. The molecule has 6 nitrogen and oxygen atoms in total. The Balaban J connectivity index is 2.90. The molecule has 7 heteroatoms. The lowest BCUT2D eigenvalue weighted by Crippen LogP contribution is -2.36. The Morgan fingerprint density at radius 2 is 1.95 bits per heavy atom. The zero-order chi connectivity index (χ0) is 16.0. The van der Waals surface area contributed by atoms with E-state index in [0.29, 0.717) is 5.69 Å². The van der Waals surface area contributed by atoms with Crippen molar-refractivity contribution in [2.24, 2.45) is 5.92 Å². The second kappa shape index (κ2) is 7.63. The third-order valence-corrected chi connectivity index (χ3v) is 5.00. The summed E-state index contributed by atoms with van der Waals surface area (Å²) in [6, 6.07) is 4.41. The smallest absolute Gasteiger partial charge is 0.244 e.